The molecule has 4 heteroatoms. The molecule has 0 aliphatic rings. The van der Waals surface area contributed by atoms with Crippen molar-refractivity contribution in [2.24, 2.45) is 0 Å². The third-order valence-electron chi connectivity index (χ3n) is 2.75. The minimum absolute atomic E-state index is 0.482. The van der Waals surface area contributed by atoms with Gasteiger partial charge in [-0.2, -0.15) is 5.10 Å². The van der Waals surface area contributed by atoms with Crippen LogP contribution in [0.1, 0.15) is 36.5 Å². The number of aromatic nitrogens is 3. The summed E-state index contributed by atoms with van der Waals surface area (Å²) in [4.78, 5) is 4.27. The van der Waals surface area contributed by atoms with E-state index in [1.807, 2.05) is 43.7 Å². The van der Waals surface area contributed by atoms with E-state index < -0.39 is 6.10 Å². The third-order valence-corrected chi connectivity index (χ3v) is 2.75. The van der Waals surface area contributed by atoms with Crippen LogP contribution in [0.3, 0.4) is 0 Å². The molecule has 0 spiro atoms. The van der Waals surface area contributed by atoms with E-state index >= 15 is 0 Å². The Labute approximate surface area is 101 Å². The van der Waals surface area contributed by atoms with Gasteiger partial charge in [0.05, 0.1) is 29.4 Å². The summed E-state index contributed by atoms with van der Waals surface area (Å²) >= 11 is 0. The van der Waals surface area contributed by atoms with E-state index in [1.165, 1.54) is 0 Å². The van der Waals surface area contributed by atoms with Gasteiger partial charge in [0.1, 0.15) is 0 Å². The Kier molecular flexibility index (Phi) is 3.24. The number of pyridine rings is 1. The molecular weight excluding hydrogens is 214 g/mol. The maximum Gasteiger partial charge on any atom is 0.0957 e. The Morgan fingerprint density at radius 1 is 1.35 bits per heavy atom. The summed E-state index contributed by atoms with van der Waals surface area (Å²) in [7, 11) is 0. The minimum Gasteiger partial charge on any atom is -0.387 e. The second-order valence-electron chi connectivity index (χ2n) is 4.20. The number of hydrogen-bond acceptors (Lipinski definition) is 3. The van der Waals surface area contributed by atoms with Gasteiger partial charge in [-0.3, -0.25) is 4.98 Å². The van der Waals surface area contributed by atoms with E-state index in [2.05, 4.69) is 10.1 Å². The summed E-state index contributed by atoms with van der Waals surface area (Å²) < 4.78 is 1.85. The molecular formula is C13H17N3O. The average molecular weight is 231 g/mol. The van der Waals surface area contributed by atoms with Gasteiger partial charge in [-0.25, -0.2) is 4.68 Å². The molecule has 90 valence electrons. The second kappa shape index (κ2) is 4.67. The van der Waals surface area contributed by atoms with Crippen molar-refractivity contribution in [2.75, 3.05) is 0 Å². The lowest BCUT2D eigenvalue weighted by atomic mass is 10.2. The molecule has 2 aromatic rings. The van der Waals surface area contributed by atoms with Gasteiger partial charge in [0.2, 0.25) is 0 Å². The smallest absolute Gasteiger partial charge is 0.0957 e. The summed E-state index contributed by atoms with van der Waals surface area (Å²) in [6.45, 7) is 5.90. The highest BCUT2D eigenvalue weighted by atomic mass is 16.3. The first-order valence-corrected chi connectivity index (χ1v) is 5.79. The Morgan fingerprint density at radius 3 is 2.59 bits per heavy atom. The van der Waals surface area contributed by atoms with Gasteiger partial charge in [0.15, 0.2) is 0 Å². The highest BCUT2D eigenvalue weighted by molar-refractivity contribution is 5.32. The fraction of sp³-hybridized carbons (Fsp3) is 0.385. The lowest BCUT2D eigenvalue weighted by molar-refractivity contribution is 0.169. The summed E-state index contributed by atoms with van der Waals surface area (Å²) in [5, 5.41) is 14.1. The molecule has 0 fully saturated rings. The van der Waals surface area contributed by atoms with E-state index in [9.17, 15) is 5.11 Å². The predicted molar refractivity (Wildman–Crippen MR) is 66.1 cm³/mol. The van der Waals surface area contributed by atoms with Crippen LogP contribution in [-0.2, 0) is 0 Å². The lowest BCUT2D eigenvalue weighted by Gasteiger charge is -2.08. The van der Waals surface area contributed by atoms with Crippen LogP contribution < -0.4 is 0 Å². The molecule has 1 atom stereocenters. The number of nitrogens with zero attached hydrogens (tertiary/aromatic N) is 3. The fourth-order valence-corrected chi connectivity index (χ4v) is 1.82. The molecule has 0 unspecified atom stereocenters. The van der Waals surface area contributed by atoms with Gasteiger partial charge >= 0.3 is 0 Å². The first-order valence-electron chi connectivity index (χ1n) is 5.79. The summed E-state index contributed by atoms with van der Waals surface area (Å²) in [5.41, 5.74) is 3.69. The molecule has 0 aliphatic carbocycles. The number of rotatable bonds is 3. The highest BCUT2D eigenvalue weighted by Crippen LogP contribution is 2.16. The SMILES string of the molecule is CC[C@H](O)c1ccc(-n2nc(C)cc2C)cn1. The molecule has 2 rings (SSSR count). The van der Waals surface area contributed by atoms with Crippen molar-refractivity contribution in [3.8, 4) is 5.69 Å². The Morgan fingerprint density at radius 2 is 2.12 bits per heavy atom. The topological polar surface area (TPSA) is 50.9 Å². The van der Waals surface area contributed by atoms with Crippen molar-refractivity contribution in [2.45, 2.75) is 33.3 Å². The minimum atomic E-state index is -0.482. The van der Waals surface area contributed by atoms with E-state index in [0.717, 1.165) is 17.1 Å². The van der Waals surface area contributed by atoms with Crippen molar-refractivity contribution >= 4 is 0 Å². The molecule has 17 heavy (non-hydrogen) atoms. The first kappa shape index (κ1) is 11.8. The van der Waals surface area contributed by atoms with Crippen LogP contribution in [0.2, 0.25) is 0 Å². The largest absolute Gasteiger partial charge is 0.387 e. The Hall–Kier alpha value is -1.68. The number of aliphatic hydroxyl groups excluding tert-OH is 1. The molecule has 0 saturated heterocycles. The average Bonchev–Trinajstić information content (AvgIpc) is 2.68. The molecule has 0 amide bonds. The summed E-state index contributed by atoms with van der Waals surface area (Å²) in [6.07, 6.45) is 1.93. The van der Waals surface area contributed by atoms with Crippen molar-refractivity contribution in [3.63, 3.8) is 0 Å². The zero-order chi connectivity index (χ0) is 12.4. The number of aryl methyl sites for hydroxylation is 2. The lowest BCUT2D eigenvalue weighted by Crippen LogP contribution is -2.03. The summed E-state index contributed by atoms with van der Waals surface area (Å²) in [6, 6.07) is 5.80. The van der Waals surface area contributed by atoms with Crippen LogP contribution in [-0.4, -0.2) is 19.9 Å². The van der Waals surface area contributed by atoms with Crippen LogP contribution >= 0.6 is 0 Å². The van der Waals surface area contributed by atoms with Crippen LogP contribution in [0.4, 0.5) is 0 Å². The number of aliphatic hydroxyl groups is 1. The maximum atomic E-state index is 9.66. The molecule has 0 saturated carbocycles. The fourth-order valence-electron chi connectivity index (χ4n) is 1.82. The van der Waals surface area contributed by atoms with Crippen molar-refractivity contribution < 1.29 is 5.11 Å². The van der Waals surface area contributed by atoms with Crippen molar-refractivity contribution in [1.29, 1.82) is 0 Å². The van der Waals surface area contributed by atoms with E-state index in [1.54, 1.807) is 6.20 Å². The van der Waals surface area contributed by atoms with Crippen LogP contribution in [0.25, 0.3) is 5.69 Å². The van der Waals surface area contributed by atoms with Gasteiger partial charge in [-0.1, -0.05) is 6.92 Å². The van der Waals surface area contributed by atoms with Crippen molar-refractivity contribution in [3.05, 3.63) is 41.5 Å². The number of hydrogen-bond donors (Lipinski definition) is 1. The van der Waals surface area contributed by atoms with Gasteiger partial charge in [-0.15, -0.1) is 0 Å². The molecule has 2 heterocycles. The van der Waals surface area contributed by atoms with Gasteiger partial charge in [0.25, 0.3) is 0 Å². The molecule has 0 aliphatic heterocycles. The molecule has 4 nitrogen and oxygen atoms in total. The molecule has 0 bridgehead atoms. The standard InChI is InChI=1S/C13H17N3O/c1-4-13(17)12-6-5-11(8-14-12)16-10(3)7-9(2)15-16/h5-8,13,17H,4H2,1-3H3/t13-/m0/s1. The van der Waals surface area contributed by atoms with Gasteiger partial charge in [0, 0.05) is 5.69 Å². The van der Waals surface area contributed by atoms with Crippen molar-refractivity contribution in [1.82, 2.24) is 14.8 Å². The third kappa shape index (κ3) is 2.36. The first-order chi connectivity index (χ1) is 8.11. The molecule has 0 radical (unpaired) electrons. The van der Waals surface area contributed by atoms with Gasteiger partial charge in [-0.05, 0) is 38.5 Å². The predicted octanol–water partition coefficient (Wildman–Crippen LogP) is 2.33. The monoisotopic (exact) mass is 231 g/mol. The normalized spacial score (nSPS) is 12.7. The zero-order valence-electron chi connectivity index (χ0n) is 10.4. The van der Waals surface area contributed by atoms with Crippen LogP contribution in [0.5, 0.6) is 0 Å². The van der Waals surface area contributed by atoms with E-state index in [0.29, 0.717) is 12.1 Å². The quantitative estimate of drug-likeness (QED) is 0.882. The van der Waals surface area contributed by atoms with Crippen LogP contribution in [0.15, 0.2) is 24.4 Å². The second-order valence-corrected chi connectivity index (χ2v) is 4.20. The maximum absolute atomic E-state index is 9.66. The van der Waals surface area contributed by atoms with E-state index in [-0.39, 0.29) is 0 Å². The zero-order valence-corrected chi connectivity index (χ0v) is 10.4. The van der Waals surface area contributed by atoms with Gasteiger partial charge < -0.3 is 5.11 Å². The van der Waals surface area contributed by atoms with Crippen LogP contribution in [0, 0.1) is 13.8 Å². The highest BCUT2D eigenvalue weighted by Gasteiger charge is 2.08. The molecule has 1 N–H and O–H groups in total. The molecule has 2 aromatic heterocycles. The molecule has 0 aromatic carbocycles. The Bertz CT molecular complexity index is 502. The van der Waals surface area contributed by atoms with E-state index in [4.69, 9.17) is 0 Å². The summed E-state index contributed by atoms with van der Waals surface area (Å²) in [5.74, 6) is 0. The Balaban J connectivity index is 2.32.